The highest BCUT2D eigenvalue weighted by Gasteiger charge is 2.33. The first-order valence-electron chi connectivity index (χ1n) is 5.25. The SMILES string of the molecule is N#Cc1ccc(NCc2ccno2)cc1C(F)(F)F. The number of hydrogen-bond donors (Lipinski definition) is 1. The van der Waals surface area contributed by atoms with Gasteiger partial charge in [0.05, 0.1) is 29.9 Å². The lowest BCUT2D eigenvalue weighted by atomic mass is 10.1. The van der Waals surface area contributed by atoms with Crippen LogP contribution in [0.25, 0.3) is 0 Å². The van der Waals surface area contributed by atoms with Gasteiger partial charge in [0.2, 0.25) is 0 Å². The van der Waals surface area contributed by atoms with E-state index in [4.69, 9.17) is 9.78 Å². The molecule has 0 saturated carbocycles. The zero-order valence-electron chi connectivity index (χ0n) is 9.53. The highest BCUT2D eigenvalue weighted by molar-refractivity contribution is 5.53. The van der Waals surface area contributed by atoms with E-state index in [2.05, 4.69) is 10.5 Å². The number of benzene rings is 1. The molecule has 2 aromatic rings. The van der Waals surface area contributed by atoms with Crippen molar-refractivity contribution in [2.45, 2.75) is 12.7 Å². The van der Waals surface area contributed by atoms with Crippen LogP contribution in [0.1, 0.15) is 16.9 Å². The molecule has 1 N–H and O–H groups in total. The van der Waals surface area contributed by atoms with Crippen molar-refractivity contribution < 1.29 is 17.7 Å². The second-order valence-electron chi connectivity index (χ2n) is 3.70. The van der Waals surface area contributed by atoms with Gasteiger partial charge in [-0.05, 0) is 18.2 Å². The molecule has 2 rings (SSSR count). The normalized spacial score (nSPS) is 11.1. The maximum Gasteiger partial charge on any atom is 0.417 e. The minimum atomic E-state index is -4.56. The minimum absolute atomic E-state index is 0.212. The molecule has 0 amide bonds. The summed E-state index contributed by atoms with van der Waals surface area (Å²) < 4.78 is 43.0. The summed E-state index contributed by atoms with van der Waals surface area (Å²) in [6.07, 6.45) is -3.12. The summed E-state index contributed by atoms with van der Waals surface area (Å²) in [6, 6.07) is 6.56. The van der Waals surface area contributed by atoms with Crippen LogP contribution in [-0.4, -0.2) is 5.16 Å². The molecule has 4 nitrogen and oxygen atoms in total. The molecule has 0 unspecified atom stereocenters. The van der Waals surface area contributed by atoms with Gasteiger partial charge in [-0.15, -0.1) is 0 Å². The third-order valence-corrected chi connectivity index (χ3v) is 2.40. The molecule has 0 spiro atoms. The lowest BCUT2D eigenvalue weighted by molar-refractivity contribution is -0.137. The average molecular weight is 267 g/mol. The lowest BCUT2D eigenvalue weighted by Crippen LogP contribution is -2.09. The van der Waals surface area contributed by atoms with Gasteiger partial charge in [0.15, 0.2) is 5.76 Å². The van der Waals surface area contributed by atoms with E-state index >= 15 is 0 Å². The van der Waals surface area contributed by atoms with Crippen LogP contribution < -0.4 is 5.32 Å². The lowest BCUT2D eigenvalue weighted by Gasteiger charge is -2.11. The molecule has 1 aromatic heterocycles. The van der Waals surface area contributed by atoms with Crippen molar-refractivity contribution in [1.29, 1.82) is 5.26 Å². The summed E-state index contributed by atoms with van der Waals surface area (Å²) in [5.41, 5.74) is -1.11. The van der Waals surface area contributed by atoms with Crippen LogP contribution in [0.2, 0.25) is 0 Å². The van der Waals surface area contributed by atoms with Crippen LogP contribution in [0, 0.1) is 11.3 Å². The van der Waals surface area contributed by atoms with Gasteiger partial charge in [0, 0.05) is 11.8 Å². The van der Waals surface area contributed by atoms with E-state index in [0.717, 1.165) is 12.1 Å². The standard InChI is InChI=1S/C12H8F3N3O/c13-12(14,15)11-5-9(2-1-8(11)6-16)17-7-10-3-4-18-19-10/h1-5,17H,7H2. The van der Waals surface area contributed by atoms with Crippen molar-refractivity contribution in [2.75, 3.05) is 5.32 Å². The number of halogens is 3. The first-order chi connectivity index (χ1) is 9.00. The fourth-order valence-electron chi connectivity index (χ4n) is 1.51. The molecule has 0 saturated heterocycles. The maximum absolute atomic E-state index is 12.7. The Balaban J connectivity index is 2.21. The van der Waals surface area contributed by atoms with Crippen LogP contribution in [0.5, 0.6) is 0 Å². The second-order valence-corrected chi connectivity index (χ2v) is 3.70. The Labute approximate surface area is 106 Å². The average Bonchev–Trinajstić information content (AvgIpc) is 2.88. The summed E-state index contributed by atoms with van der Waals surface area (Å²) in [5, 5.41) is 14.9. The summed E-state index contributed by atoms with van der Waals surface area (Å²) in [6.45, 7) is 0.212. The Morgan fingerprint density at radius 3 is 2.68 bits per heavy atom. The Kier molecular flexibility index (Phi) is 3.42. The molecule has 0 aliphatic heterocycles. The van der Waals surface area contributed by atoms with Crippen LogP contribution >= 0.6 is 0 Å². The zero-order chi connectivity index (χ0) is 13.9. The van der Waals surface area contributed by atoms with Crippen LogP contribution in [0.15, 0.2) is 35.0 Å². The van der Waals surface area contributed by atoms with Crippen molar-refractivity contribution in [2.24, 2.45) is 0 Å². The Hall–Kier alpha value is -2.49. The molecular formula is C12H8F3N3O. The molecular weight excluding hydrogens is 259 g/mol. The van der Waals surface area contributed by atoms with Crippen LogP contribution in [0.4, 0.5) is 18.9 Å². The highest BCUT2D eigenvalue weighted by atomic mass is 19.4. The summed E-state index contributed by atoms with van der Waals surface area (Å²) in [7, 11) is 0. The molecule has 0 fully saturated rings. The highest BCUT2D eigenvalue weighted by Crippen LogP contribution is 2.33. The van der Waals surface area contributed by atoms with Gasteiger partial charge < -0.3 is 9.84 Å². The molecule has 0 radical (unpaired) electrons. The number of alkyl halides is 3. The van der Waals surface area contributed by atoms with Crippen LogP contribution in [0.3, 0.4) is 0 Å². The van der Waals surface area contributed by atoms with E-state index in [0.29, 0.717) is 5.76 Å². The summed E-state index contributed by atoms with van der Waals surface area (Å²) >= 11 is 0. The van der Waals surface area contributed by atoms with Gasteiger partial charge in [-0.25, -0.2) is 0 Å². The zero-order valence-corrected chi connectivity index (χ0v) is 9.53. The van der Waals surface area contributed by atoms with Crippen molar-refractivity contribution in [1.82, 2.24) is 5.16 Å². The van der Waals surface area contributed by atoms with Gasteiger partial charge >= 0.3 is 6.18 Å². The maximum atomic E-state index is 12.7. The van der Waals surface area contributed by atoms with Crippen molar-refractivity contribution >= 4 is 5.69 Å². The predicted octanol–water partition coefficient (Wildman–Crippen LogP) is 3.18. The van der Waals surface area contributed by atoms with E-state index in [9.17, 15) is 13.2 Å². The van der Waals surface area contributed by atoms with Gasteiger partial charge in [-0.2, -0.15) is 18.4 Å². The van der Waals surface area contributed by atoms with Crippen molar-refractivity contribution in [3.8, 4) is 6.07 Å². The molecule has 19 heavy (non-hydrogen) atoms. The van der Waals surface area contributed by atoms with Crippen LogP contribution in [-0.2, 0) is 12.7 Å². The number of rotatable bonds is 3. The predicted molar refractivity (Wildman–Crippen MR) is 60.0 cm³/mol. The third-order valence-electron chi connectivity index (χ3n) is 2.40. The molecule has 1 heterocycles. The number of aromatic nitrogens is 1. The largest absolute Gasteiger partial charge is 0.417 e. The number of nitrogens with one attached hydrogen (secondary N) is 1. The third kappa shape index (κ3) is 3.04. The fraction of sp³-hybridized carbons (Fsp3) is 0.167. The molecule has 0 atom stereocenters. The number of hydrogen-bond acceptors (Lipinski definition) is 4. The van der Waals surface area contributed by atoms with Gasteiger partial charge in [0.1, 0.15) is 0 Å². The second kappa shape index (κ2) is 5.02. The summed E-state index contributed by atoms with van der Waals surface area (Å²) in [4.78, 5) is 0. The Morgan fingerprint density at radius 1 is 1.32 bits per heavy atom. The van der Waals surface area contributed by atoms with Crippen molar-refractivity contribution in [3.05, 3.63) is 47.3 Å². The molecule has 7 heteroatoms. The molecule has 0 aliphatic carbocycles. The molecule has 0 aliphatic rings. The van der Waals surface area contributed by atoms with E-state index in [-0.39, 0.29) is 12.2 Å². The van der Waals surface area contributed by atoms with E-state index in [1.165, 1.54) is 18.3 Å². The van der Waals surface area contributed by atoms with Gasteiger partial charge in [0.25, 0.3) is 0 Å². The number of anilines is 1. The van der Waals surface area contributed by atoms with Crippen molar-refractivity contribution in [3.63, 3.8) is 0 Å². The molecule has 1 aromatic carbocycles. The Morgan fingerprint density at radius 2 is 2.11 bits per heavy atom. The molecule has 98 valence electrons. The number of nitriles is 1. The first-order valence-corrected chi connectivity index (χ1v) is 5.25. The minimum Gasteiger partial charge on any atom is -0.378 e. The fourth-order valence-corrected chi connectivity index (χ4v) is 1.51. The van der Waals surface area contributed by atoms with E-state index < -0.39 is 17.3 Å². The van der Waals surface area contributed by atoms with Gasteiger partial charge in [-0.3, -0.25) is 0 Å². The summed E-state index contributed by atoms with van der Waals surface area (Å²) in [5.74, 6) is 0.498. The van der Waals surface area contributed by atoms with Gasteiger partial charge in [-0.1, -0.05) is 5.16 Å². The quantitative estimate of drug-likeness (QED) is 0.927. The smallest absolute Gasteiger partial charge is 0.378 e. The Bertz CT molecular complexity index is 600. The molecule has 0 bridgehead atoms. The monoisotopic (exact) mass is 267 g/mol. The topological polar surface area (TPSA) is 61.9 Å². The van der Waals surface area contributed by atoms with E-state index in [1.807, 2.05) is 0 Å². The van der Waals surface area contributed by atoms with E-state index in [1.54, 1.807) is 6.07 Å². The first kappa shape index (κ1) is 13.0. The number of nitrogens with zero attached hydrogens (tertiary/aromatic N) is 2.